The molecule has 0 radical (unpaired) electrons. The lowest BCUT2D eigenvalue weighted by Crippen LogP contribution is -2.01. The van der Waals surface area contributed by atoms with Crippen molar-refractivity contribution in [1.29, 1.82) is 0 Å². The van der Waals surface area contributed by atoms with Crippen molar-refractivity contribution in [2.24, 2.45) is 0 Å². The first kappa shape index (κ1) is 12.3. The number of aryl methyl sites for hydroxylation is 1. The second kappa shape index (κ2) is 5.48. The molecule has 0 fully saturated rings. The van der Waals surface area contributed by atoms with Gasteiger partial charge in [0, 0.05) is 12.3 Å². The molecule has 0 saturated carbocycles. The molecular weight excluding hydrogens is 254 g/mol. The fourth-order valence-electron chi connectivity index (χ4n) is 1.70. The van der Waals surface area contributed by atoms with Crippen molar-refractivity contribution in [3.05, 3.63) is 54.0 Å². The SMILES string of the molecule is Cc1ccc(NCc2cc(-c3ccccn3)no2)nn1. The standard InChI is InChI=1S/C14H13N5O/c1-10-5-6-14(18-17-10)16-9-11-8-13(19-20-11)12-4-2-3-7-15-12/h2-8H,9H2,1H3,(H,16,18). The van der Waals surface area contributed by atoms with E-state index < -0.39 is 0 Å². The van der Waals surface area contributed by atoms with E-state index in [1.54, 1.807) is 6.20 Å². The maximum Gasteiger partial charge on any atom is 0.156 e. The van der Waals surface area contributed by atoms with Gasteiger partial charge >= 0.3 is 0 Å². The van der Waals surface area contributed by atoms with Crippen molar-refractivity contribution in [2.75, 3.05) is 5.32 Å². The van der Waals surface area contributed by atoms with E-state index in [2.05, 4.69) is 25.7 Å². The summed E-state index contributed by atoms with van der Waals surface area (Å²) in [5, 5.41) is 15.1. The summed E-state index contributed by atoms with van der Waals surface area (Å²) >= 11 is 0. The van der Waals surface area contributed by atoms with Crippen molar-refractivity contribution in [3.8, 4) is 11.4 Å². The largest absolute Gasteiger partial charge is 0.361 e. The summed E-state index contributed by atoms with van der Waals surface area (Å²) in [5.74, 6) is 1.42. The van der Waals surface area contributed by atoms with Crippen LogP contribution in [0.3, 0.4) is 0 Å². The van der Waals surface area contributed by atoms with E-state index in [1.165, 1.54) is 0 Å². The van der Waals surface area contributed by atoms with Crippen LogP contribution in [-0.4, -0.2) is 20.3 Å². The summed E-state index contributed by atoms with van der Waals surface area (Å²) in [6, 6.07) is 11.3. The number of hydrogen-bond acceptors (Lipinski definition) is 6. The van der Waals surface area contributed by atoms with E-state index in [0.717, 1.165) is 17.1 Å². The molecule has 1 N–H and O–H groups in total. The highest BCUT2D eigenvalue weighted by Gasteiger charge is 2.07. The van der Waals surface area contributed by atoms with Crippen LogP contribution in [0.2, 0.25) is 0 Å². The van der Waals surface area contributed by atoms with Crippen LogP contribution in [0.4, 0.5) is 5.82 Å². The zero-order chi connectivity index (χ0) is 13.8. The molecule has 6 nitrogen and oxygen atoms in total. The molecule has 0 atom stereocenters. The minimum absolute atomic E-state index is 0.498. The lowest BCUT2D eigenvalue weighted by molar-refractivity contribution is 0.390. The Morgan fingerprint density at radius 2 is 2.05 bits per heavy atom. The minimum Gasteiger partial charge on any atom is -0.361 e. The van der Waals surface area contributed by atoms with Gasteiger partial charge in [0.1, 0.15) is 11.5 Å². The fraction of sp³-hybridized carbons (Fsp3) is 0.143. The molecule has 3 aromatic rings. The molecule has 3 aromatic heterocycles. The van der Waals surface area contributed by atoms with Gasteiger partial charge in [-0.05, 0) is 31.2 Å². The molecule has 0 aliphatic heterocycles. The van der Waals surface area contributed by atoms with Crippen molar-refractivity contribution < 1.29 is 4.52 Å². The monoisotopic (exact) mass is 267 g/mol. The van der Waals surface area contributed by atoms with Crippen molar-refractivity contribution in [2.45, 2.75) is 13.5 Å². The molecule has 0 aliphatic carbocycles. The Hall–Kier alpha value is -2.76. The lowest BCUT2D eigenvalue weighted by atomic mass is 10.2. The zero-order valence-electron chi connectivity index (χ0n) is 10.9. The zero-order valence-corrected chi connectivity index (χ0v) is 10.9. The second-order valence-electron chi connectivity index (χ2n) is 4.31. The van der Waals surface area contributed by atoms with Gasteiger partial charge in [-0.3, -0.25) is 4.98 Å². The number of nitrogens with zero attached hydrogens (tertiary/aromatic N) is 4. The van der Waals surface area contributed by atoms with Crippen LogP contribution in [0, 0.1) is 6.92 Å². The van der Waals surface area contributed by atoms with Gasteiger partial charge in [0.05, 0.1) is 17.9 Å². The van der Waals surface area contributed by atoms with E-state index in [-0.39, 0.29) is 0 Å². The van der Waals surface area contributed by atoms with Crippen LogP contribution in [0.25, 0.3) is 11.4 Å². The Morgan fingerprint density at radius 3 is 2.80 bits per heavy atom. The van der Waals surface area contributed by atoms with Gasteiger partial charge in [0.15, 0.2) is 5.76 Å². The third kappa shape index (κ3) is 2.80. The van der Waals surface area contributed by atoms with Gasteiger partial charge in [-0.1, -0.05) is 11.2 Å². The molecule has 0 bridgehead atoms. The van der Waals surface area contributed by atoms with E-state index in [0.29, 0.717) is 18.1 Å². The molecule has 6 heteroatoms. The summed E-state index contributed by atoms with van der Waals surface area (Å²) < 4.78 is 5.26. The molecule has 20 heavy (non-hydrogen) atoms. The Kier molecular flexibility index (Phi) is 3.36. The smallest absolute Gasteiger partial charge is 0.156 e. The Labute approximate surface area is 115 Å². The summed E-state index contributed by atoms with van der Waals surface area (Å²) in [6.45, 7) is 2.39. The Morgan fingerprint density at radius 1 is 1.10 bits per heavy atom. The highest BCUT2D eigenvalue weighted by Crippen LogP contribution is 2.16. The molecule has 3 heterocycles. The first-order chi connectivity index (χ1) is 9.81. The average Bonchev–Trinajstić information content (AvgIpc) is 2.97. The molecule has 0 aliphatic rings. The number of pyridine rings is 1. The fourth-order valence-corrected chi connectivity index (χ4v) is 1.70. The van der Waals surface area contributed by atoms with Crippen LogP contribution < -0.4 is 5.32 Å². The minimum atomic E-state index is 0.498. The third-order valence-electron chi connectivity index (χ3n) is 2.73. The normalized spacial score (nSPS) is 10.4. The van der Waals surface area contributed by atoms with E-state index in [9.17, 15) is 0 Å². The predicted molar refractivity (Wildman–Crippen MR) is 73.8 cm³/mol. The van der Waals surface area contributed by atoms with Gasteiger partial charge in [-0.25, -0.2) is 0 Å². The van der Waals surface area contributed by atoms with Crippen molar-refractivity contribution >= 4 is 5.82 Å². The highest BCUT2D eigenvalue weighted by atomic mass is 16.5. The summed E-state index contributed by atoms with van der Waals surface area (Å²) in [4.78, 5) is 4.23. The van der Waals surface area contributed by atoms with E-state index in [4.69, 9.17) is 4.52 Å². The average molecular weight is 267 g/mol. The Bertz CT molecular complexity index is 678. The number of nitrogens with one attached hydrogen (secondary N) is 1. The summed E-state index contributed by atoms with van der Waals surface area (Å²) in [5.41, 5.74) is 2.39. The lowest BCUT2D eigenvalue weighted by Gasteiger charge is -2.01. The summed E-state index contributed by atoms with van der Waals surface area (Å²) in [7, 11) is 0. The number of hydrogen-bond donors (Lipinski definition) is 1. The quantitative estimate of drug-likeness (QED) is 0.782. The van der Waals surface area contributed by atoms with E-state index >= 15 is 0 Å². The van der Waals surface area contributed by atoms with Gasteiger partial charge in [0.2, 0.25) is 0 Å². The molecule has 0 saturated heterocycles. The third-order valence-corrected chi connectivity index (χ3v) is 2.73. The Balaban J connectivity index is 1.67. The van der Waals surface area contributed by atoms with Crippen molar-refractivity contribution in [3.63, 3.8) is 0 Å². The van der Waals surface area contributed by atoms with Crippen molar-refractivity contribution in [1.82, 2.24) is 20.3 Å². The number of aromatic nitrogens is 4. The molecule has 3 rings (SSSR count). The van der Waals surface area contributed by atoms with Crippen LogP contribution in [-0.2, 0) is 6.54 Å². The van der Waals surface area contributed by atoms with Gasteiger partial charge < -0.3 is 9.84 Å². The van der Waals surface area contributed by atoms with Crippen LogP contribution in [0.15, 0.2) is 47.1 Å². The highest BCUT2D eigenvalue weighted by molar-refractivity contribution is 5.53. The summed E-state index contributed by atoms with van der Waals surface area (Å²) in [6.07, 6.45) is 1.73. The number of anilines is 1. The molecule has 0 aromatic carbocycles. The second-order valence-corrected chi connectivity index (χ2v) is 4.31. The maximum absolute atomic E-state index is 5.26. The molecule has 0 amide bonds. The molecule has 100 valence electrons. The first-order valence-corrected chi connectivity index (χ1v) is 6.22. The number of rotatable bonds is 4. The molecule has 0 spiro atoms. The topological polar surface area (TPSA) is 76.7 Å². The van der Waals surface area contributed by atoms with Crippen LogP contribution >= 0.6 is 0 Å². The van der Waals surface area contributed by atoms with Crippen LogP contribution in [0.1, 0.15) is 11.5 Å². The molecular formula is C14H13N5O. The van der Waals surface area contributed by atoms with Gasteiger partial charge in [-0.15, -0.1) is 5.10 Å². The van der Waals surface area contributed by atoms with Crippen LogP contribution in [0.5, 0.6) is 0 Å². The van der Waals surface area contributed by atoms with E-state index in [1.807, 2.05) is 43.3 Å². The first-order valence-electron chi connectivity index (χ1n) is 6.22. The maximum atomic E-state index is 5.26. The van der Waals surface area contributed by atoms with Gasteiger partial charge in [0.25, 0.3) is 0 Å². The predicted octanol–water partition coefficient (Wildman–Crippen LogP) is 2.45. The molecule has 0 unspecified atom stereocenters. The van der Waals surface area contributed by atoms with Gasteiger partial charge in [-0.2, -0.15) is 5.10 Å².